The number of methoxy groups -OCH3 is 1. The van der Waals surface area contributed by atoms with Gasteiger partial charge in [0.15, 0.2) is 0 Å². The number of rotatable bonds is 4. The van der Waals surface area contributed by atoms with Gasteiger partial charge in [-0.3, -0.25) is 0 Å². The van der Waals surface area contributed by atoms with E-state index in [9.17, 15) is 0 Å². The Bertz CT molecular complexity index is 546. The Morgan fingerprint density at radius 3 is 2.72 bits per heavy atom. The van der Waals surface area contributed by atoms with Crippen molar-refractivity contribution >= 4 is 17.6 Å². The monoisotopic (exact) mass is 261 g/mol. The van der Waals surface area contributed by atoms with Crippen LogP contribution in [-0.4, -0.2) is 24.1 Å². The van der Waals surface area contributed by atoms with Gasteiger partial charge in [-0.1, -0.05) is 23.9 Å². The molecule has 0 radical (unpaired) electrons. The average molecular weight is 261 g/mol. The third-order valence-corrected chi connectivity index (χ3v) is 3.33. The molecule has 0 aliphatic heterocycles. The van der Waals surface area contributed by atoms with Gasteiger partial charge >= 0.3 is 0 Å². The molecule has 4 nitrogen and oxygen atoms in total. The minimum absolute atomic E-state index is 0.749. The van der Waals surface area contributed by atoms with Crippen LogP contribution in [0.15, 0.2) is 40.3 Å². The molecular formula is C13H15N3OS. The largest absolute Gasteiger partial charge is 0.496 e. The zero-order valence-corrected chi connectivity index (χ0v) is 11.4. The first-order chi connectivity index (χ1) is 8.72. The zero-order valence-electron chi connectivity index (χ0n) is 10.6. The molecule has 0 atom stereocenters. The standard InChI is InChI=1S/C13H15N3OS/c1-9-15-12(14-2)8-13(16-9)18-11-7-5-4-6-10(11)17-3/h4-8H,1-3H3,(H,14,15,16). The van der Waals surface area contributed by atoms with Crippen molar-refractivity contribution in [2.75, 3.05) is 19.5 Å². The molecule has 5 heteroatoms. The van der Waals surface area contributed by atoms with Gasteiger partial charge in [0, 0.05) is 13.1 Å². The first kappa shape index (κ1) is 12.7. The van der Waals surface area contributed by atoms with E-state index in [-0.39, 0.29) is 0 Å². The van der Waals surface area contributed by atoms with Crippen LogP contribution in [0.3, 0.4) is 0 Å². The fourth-order valence-corrected chi connectivity index (χ4v) is 2.51. The third kappa shape index (κ3) is 2.92. The van der Waals surface area contributed by atoms with E-state index in [2.05, 4.69) is 15.3 Å². The van der Waals surface area contributed by atoms with E-state index in [1.807, 2.05) is 44.3 Å². The molecule has 0 bridgehead atoms. The number of hydrogen-bond donors (Lipinski definition) is 1. The maximum absolute atomic E-state index is 5.32. The van der Waals surface area contributed by atoms with E-state index in [0.717, 1.165) is 27.3 Å². The van der Waals surface area contributed by atoms with Crippen LogP contribution in [0.2, 0.25) is 0 Å². The molecule has 94 valence electrons. The summed E-state index contributed by atoms with van der Waals surface area (Å²) in [6, 6.07) is 9.81. The molecule has 0 fully saturated rings. The predicted octanol–water partition coefficient (Wildman–Crippen LogP) is 2.99. The van der Waals surface area contributed by atoms with Crippen molar-refractivity contribution < 1.29 is 4.74 Å². The summed E-state index contributed by atoms with van der Waals surface area (Å²) in [5, 5.41) is 3.93. The summed E-state index contributed by atoms with van der Waals surface area (Å²) in [4.78, 5) is 9.72. The first-order valence-electron chi connectivity index (χ1n) is 5.57. The van der Waals surface area contributed by atoms with Crippen molar-refractivity contribution in [1.82, 2.24) is 9.97 Å². The van der Waals surface area contributed by atoms with E-state index in [1.165, 1.54) is 0 Å². The lowest BCUT2D eigenvalue weighted by molar-refractivity contribution is 0.405. The summed E-state index contributed by atoms with van der Waals surface area (Å²) >= 11 is 1.57. The van der Waals surface area contributed by atoms with Gasteiger partial charge in [0.05, 0.1) is 12.0 Å². The fourth-order valence-electron chi connectivity index (χ4n) is 1.54. The number of benzene rings is 1. The predicted molar refractivity (Wildman–Crippen MR) is 73.4 cm³/mol. The second kappa shape index (κ2) is 5.73. The van der Waals surface area contributed by atoms with Crippen LogP contribution in [-0.2, 0) is 0 Å². The molecule has 18 heavy (non-hydrogen) atoms. The number of hydrogen-bond acceptors (Lipinski definition) is 5. The van der Waals surface area contributed by atoms with Gasteiger partial charge in [0.2, 0.25) is 0 Å². The van der Waals surface area contributed by atoms with Gasteiger partial charge in [-0.15, -0.1) is 0 Å². The number of anilines is 1. The first-order valence-corrected chi connectivity index (χ1v) is 6.39. The molecule has 0 unspecified atom stereocenters. The lowest BCUT2D eigenvalue weighted by atomic mass is 10.3. The summed E-state index contributed by atoms with van der Waals surface area (Å²) in [5.41, 5.74) is 0. The number of nitrogens with one attached hydrogen (secondary N) is 1. The van der Waals surface area contributed by atoms with Gasteiger partial charge in [-0.25, -0.2) is 9.97 Å². The molecule has 1 aromatic heterocycles. The van der Waals surface area contributed by atoms with Crippen LogP contribution in [0.1, 0.15) is 5.82 Å². The lowest BCUT2D eigenvalue weighted by Gasteiger charge is -2.08. The summed E-state index contributed by atoms with van der Waals surface area (Å²) in [7, 11) is 3.52. The number of ether oxygens (including phenoxy) is 1. The molecule has 0 saturated heterocycles. The van der Waals surface area contributed by atoms with Gasteiger partial charge in [0.1, 0.15) is 22.4 Å². The second-order valence-corrected chi connectivity index (χ2v) is 4.70. The van der Waals surface area contributed by atoms with Crippen LogP contribution in [0, 0.1) is 6.92 Å². The minimum Gasteiger partial charge on any atom is -0.496 e. The Morgan fingerprint density at radius 2 is 2.00 bits per heavy atom. The fraction of sp³-hybridized carbons (Fsp3) is 0.231. The Hall–Kier alpha value is -1.75. The van der Waals surface area contributed by atoms with Crippen molar-refractivity contribution in [3.63, 3.8) is 0 Å². The zero-order chi connectivity index (χ0) is 13.0. The normalized spacial score (nSPS) is 10.2. The minimum atomic E-state index is 0.749. The summed E-state index contributed by atoms with van der Waals surface area (Å²) in [5.74, 6) is 2.42. The van der Waals surface area contributed by atoms with E-state index >= 15 is 0 Å². The summed E-state index contributed by atoms with van der Waals surface area (Å²) in [6.45, 7) is 1.88. The highest BCUT2D eigenvalue weighted by Crippen LogP contribution is 2.34. The SMILES string of the molecule is CNc1cc(Sc2ccccc2OC)nc(C)n1. The molecule has 0 aliphatic carbocycles. The number of aryl methyl sites for hydroxylation is 1. The number of aromatic nitrogens is 2. The lowest BCUT2D eigenvalue weighted by Crippen LogP contribution is -1.97. The summed E-state index contributed by atoms with van der Waals surface area (Å²) in [6.07, 6.45) is 0. The highest BCUT2D eigenvalue weighted by molar-refractivity contribution is 7.99. The molecule has 2 rings (SSSR count). The molecule has 0 saturated carbocycles. The third-order valence-electron chi connectivity index (χ3n) is 2.35. The Balaban J connectivity index is 2.30. The Kier molecular flexibility index (Phi) is 4.04. The molecular weight excluding hydrogens is 246 g/mol. The number of para-hydroxylation sites is 1. The van der Waals surface area contributed by atoms with Gasteiger partial charge < -0.3 is 10.1 Å². The van der Waals surface area contributed by atoms with Crippen molar-refractivity contribution in [3.05, 3.63) is 36.2 Å². The van der Waals surface area contributed by atoms with E-state index in [1.54, 1.807) is 18.9 Å². The van der Waals surface area contributed by atoms with E-state index in [4.69, 9.17) is 4.74 Å². The van der Waals surface area contributed by atoms with Crippen molar-refractivity contribution in [2.24, 2.45) is 0 Å². The topological polar surface area (TPSA) is 47.0 Å². The number of nitrogens with zero attached hydrogens (tertiary/aromatic N) is 2. The van der Waals surface area contributed by atoms with Crippen molar-refractivity contribution in [1.29, 1.82) is 0 Å². The smallest absolute Gasteiger partial charge is 0.132 e. The molecule has 0 aliphatic rings. The van der Waals surface area contributed by atoms with Gasteiger partial charge in [0.25, 0.3) is 0 Å². The highest BCUT2D eigenvalue weighted by Gasteiger charge is 2.07. The average Bonchev–Trinajstić information content (AvgIpc) is 2.38. The Morgan fingerprint density at radius 1 is 1.22 bits per heavy atom. The van der Waals surface area contributed by atoms with Gasteiger partial charge in [-0.2, -0.15) is 0 Å². The van der Waals surface area contributed by atoms with Crippen LogP contribution in [0.4, 0.5) is 5.82 Å². The van der Waals surface area contributed by atoms with Crippen LogP contribution < -0.4 is 10.1 Å². The van der Waals surface area contributed by atoms with Crippen LogP contribution in [0.25, 0.3) is 0 Å². The van der Waals surface area contributed by atoms with Crippen LogP contribution in [0.5, 0.6) is 5.75 Å². The molecule has 1 aromatic carbocycles. The van der Waals surface area contributed by atoms with Crippen molar-refractivity contribution in [3.8, 4) is 5.75 Å². The van der Waals surface area contributed by atoms with Gasteiger partial charge in [-0.05, 0) is 19.1 Å². The molecule has 0 spiro atoms. The molecule has 0 amide bonds. The quantitative estimate of drug-likeness (QED) is 0.857. The maximum atomic E-state index is 5.32. The molecule has 2 aromatic rings. The highest BCUT2D eigenvalue weighted by atomic mass is 32.2. The maximum Gasteiger partial charge on any atom is 0.132 e. The van der Waals surface area contributed by atoms with Crippen molar-refractivity contribution in [2.45, 2.75) is 16.8 Å². The van der Waals surface area contributed by atoms with Crippen LogP contribution >= 0.6 is 11.8 Å². The molecule has 1 heterocycles. The second-order valence-electron chi connectivity index (χ2n) is 3.64. The molecule has 1 N–H and O–H groups in total. The summed E-state index contributed by atoms with van der Waals surface area (Å²) < 4.78 is 5.32. The van der Waals surface area contributed by atoms with E-state index < -0.39 is 0 Å². The Labute approximate surface area is 111 Å². The van der Waals surface area contributed by atoms with E-state index in [0.29, 0.717) is 0 Å².